The number of nitrogens with one attached hydrogen (secondary N) is 1. The Morgan fingerprint density at radius 3 is 2.58 bits per heavy atom. The Morgan fingerprint density at radius 2 is 1.95 bits per heavy atom. The molecule has 0 saturated carbocycles. The van der Waals surface area contributed by atoms with Gasteiger partial charge in [0.05, 0.1) is 11.8 Å². The predicted octanol–water partition coefficient (Wildman–Crippen LogP) is 1.95. The van der Waals surface area contributed by atoms with E-state index in [1.165, 1.54) is 6.07 Å². The van der Waals surface area contributed by atoms with E-state index in [1.54, 1.807) is 18.2 Å². The third kappa shape index (κ3) is 6.04. The van der Waals surface area contributed by atoms with E-state index in [-0.39, 0.29) is 11.0 Å². The van der Waals surface area contributed by atoms with E-state index >= 15 is 0 Å². The molecule has 0 aliphatic carbocycles. The molecule has 0 aliphatic rings. The molecule has 0 heterocycles. The van der Waals surface area contributed by atoms with Gasteiger partial charge in [0.25, 0.3) is 0 Å². The maximum atomic E-state index is 11.4. The molecular weight excluding hydrogens is 264 g/mol. The zero-order valence-corrected chi connectivity index (χ0v) is 12.2. The summed E-state index contributed by atoms with van der Waals surface area (Å²) in [6.07, 6.45) is 2.09. The third-order valence-corrected chi connectivity index (χ3v) is 3.50. The van der Waals surface area contributed by atoms with Crippen LogP contribution in [0.1, 0.15) is 26.7 Å². The number of hydrogen-bond donors (Lipinski definition) is 2. The Bertz CT molecular complexity index is 486. The number of primary sulfonamides is 1. The van der Waals surface area contributed by atoms with Gasteiger partial charge in [-0.3, -0.25) is 0 Å². The molecule has 0 amide bonds. The summed E-state index contributed by atoms with van der Waals surface area (Å²) in [4.78, 5) is 0.133. The maximum Gasteiger partial charge on any atom is 0.240 e. The molecule has 19 heavy (non-hydrogen) atoms. The number of ether oxygens (including phenoxy) is 1. The van der Waals surface area contributed by atoms with Gasteiger partial charge in [-0.15, -0.1) is 0 Å². The standard InChI is InChI=1S/C13H22N2O3S/c1-11(2)18-10-6-5-9-15-12-7-3-4-8-13(12)19(14,16)17/h3-4,7-8,11,15H,5-6,9-10H2,1-2H3,(H2,14,16,17). The van der Waals surface area contributed by atoms with E-state index < -0.39 is 10.0 Å². The van der Waals surface area contributed by atoms with Crippen molar-refractivity contribution in [3.8, 4) is 0 Å². The second-order valence-corrected chi connectivity index (χ2v) is 6.12. The van der Waals surface area contributed by atoms with Crippen molar-refractivity contribution in [1.82, 2.24) is 0 Å². The molecule has 0 spiro atoms. The normalized spacial score (nSPS) is 11.8. The molecule has 3 N–H and O–H groups in total. The summed E-state index contributed by atoms with van der Waals surface area (Å²) >= 11 is 0. The van der Waals surface area contributed by atoms with Gasteiger partial charge in [0.15, 0.2) is 0 Å². The zero-order chi connectivity index (χ0) is 14.3. The molecule has 6 heteroatoms. The SMILES string of the molecule is CC(C)OCCCCNc1ccccc1S(N)(=O)=O. The minimum atomic E-state index is -3.68. The summed E-state index contributed by atoms with van der Waals surface area (Å²) in [6, 6.07) is 6.64. The number of sulfonamides is 1. The summed E-state index contributed by atoms with van der Waals surface area (Å²) < 4.78 is 28.2. The van der Waals surface area contributed by atoms with Crippen LogP contribution in [0.15, 0.2) is 29.2 Å². The van der Waals surface area contributed by atoms with E-state index in [0.717, 1.165) is 19.4 Å². The fourth-order valence-electron chi connectivity index (χ4n) is 1.63. The average Bonchev–Trinajstić information content (AvgIpc) is 2.32. The molecule has 0 saturated heterocycles. The van der Waals surface area contributed by atoms with Crippen LogP contribution in [0.4, 0.5) is 5.69 Å². The zero-order valence-electron chi connectivity index (χ0n) is 11.4. The highest BCUT2D eigenvalue weighted by atomic mass is 32.2. The van der Waals surface area contributed by atoms with Crippen LogP contribution in [-0.4, -0.2) is 27.7 Å². The second-order valence-electron chi connectivity index (χ2n) is 4.59. The van der Waals surface area contributed by atoms with Crippen LogP contribution >= 0.6 is 0 Å². The van der Waals surface area contributed by atoms with Crippen molar-refractivity contribution < 1.29 is 13.2 Å². The quantitative estimate of drug-likeness (QED) is 0.716. The van der Waals surface area contributed by atoms with Crippen molar-refractivity contribution >= 4 is 15.7 Å². The number of rotatable bonds is 8. The van der Waals surface area contributed by atoms with E-state index in [4.69, 9.17) is 9.88 Å². The lowest BCUT2D eigenvalue weighted by atomic mass is 10.3. The number of hydrogen-bond acceptors (Lipinski definition) is 4. The first-order valence-corrected chi connectivity index (χ1v) is 7.93. The molecule has 1 aromatic rings. The lowest BCUT2D eigenvalue weighted by Gasteiger charge is -2.11. The molecule has 5 nitrogen and oxygen atoms in total. The molecule has 0 atom stereocenters. The molecule has 0 aliphatic heterocycles. The van der Waals surface area contributed by atoms with Gasteiger partial charge in [-0.1, -0.05) is 12.1 Å². The predicted molar refractivity (Wildman–Crippen MR) is 76.6 cm³/mol. The van der Waals surface area contributed by atoms with E-state index in [9.17, 15) is 8.42 Å². The monoisotopic (exact) mass is 286 g/mol. The summed E-state index contributed by atoms with van der Waals surface area (Å²) in [5.74, 6) is 0. The highest BCUT2D eigenvalue weighted by Crippen LogP contribution is 2.19. The van der Waals surface area contributed by atoms with Crippen LogP contribution in [0, 0.1) is 0 Å². The van der Waals surface area contributed by atoms with Crippen molar-refractivity contribution in [2.24, 2.45) is 5.14 Å². The van der Waals surface area contributed by atoms with Gasteiger partial charge < -0.3 is 10.1 Å². The third-order valence-electron chi connectivity index (χ3n) is 2.53. The average molecular weight is 286 g/mol. The van der Waals surface area contributed by atoms with Crippen LogP contribution in [0.3, 0.4) is 0 Å². The van der Waals surface area contributed by atoms with Crippen molar-refractivity contribution in [1.29, 1.82) is 0 Å². The molecule has 0 radical (unpaired) electrons. The van der Waals surface area contributed by atoms with Crippen LogP contribution in [-0.2, 0) is 14.8 Å². The van der Waals surface area contributed by atoms with Crippen LogP contribution in [0.25, 0.3) is 0 Å². The van der Waals surface area contributed by atoms with Gasteiger partial charge in [0, 0.05) is 13.2 Å². The summed E-state index contributed by atoms with van der Waals surface area (Å²) in [7, 11) is -3.68. The summed E-state index contributed by atoms with van der Waals surface area (Å²) in [5, 5.41) is 8.25. The first kappa shape index (κ1) is 15.9. The van der Waals surface area contributed by atoms with Crippen molar-refractivity contribution in [3.63, 3.8) is 0 Å². The first-order chi connectivity index (χ1) is 8.91. The highest BCUT2D eigenvalue weighted by Gasteiger charge is 2.12. The first-order valence-electron chi connectivity index (χ1n) is 6.38. The summed E-state index contributed by atoms with van der Waals surface area (Å²) in [5.41, 5.74) is 0.551. The van der Waals surface area contributed by atoms with Crippen molar-refractivity contribution in [2.45, 2.75) is 37.7 Å². The Kier molecular flexibility index (Phi) is 6.27. The molecule has 0 fully saturated rings. The van der Waals surface area contributed by atoms with Crippen molar-refractivity contribution in [3.05, 3.63) is 24.3 Å². The Morgan fingerprint density at radius 1 is 1.26 bits per heavy atom. The van der Waals surface area contributed by atoms with Gasteiger partial charge in [-0.2, -0.15) is 0 Å². The minimum Gasteiger partial charge on any atom is -0.384 e. The summed E-state index contributed by atoms with van der Waals surface area (Å²) in [6.45, 7) is 5.41. The molecule has 0 aromatic heterocycles. The lowest BCUT2D eigenvalue weighted by Crippen LogP contribution is -2.15. The van der Waals surface area contributed by atoms with Gasteiger partial charge in [-0.25, -0.2) is 13.6 Å². The molecule has 108 valence electrons. The van der Waals surface area contributed by atoms with Gasteiger partial charge in [0.2, 0.25) is 10.0 Å². The van der Waals surface area contributed by atoms with E-state index in [1.807, 2.05) is 13.8 Å². The van der Waals surface area contributed by atoms with E-state index in [0.29, 0.717) is 12.2 Å². The maximum absolute atomic E-state index is 11.4. The number of benzene rings is 1. The molecule has 0 bridgehead atoms. The number of anilines is 1. The second kappa shape index (κ2) is 7.47. The van der Waals surface area contributed by atoms with Crippen molar-refractivity contribution in [2.75, 3.05) is 18.5 Å². The molecule has 0 unspecified atom stereocenters. The topological polar surface area (TPSA) is 81.4 Å². The Labute approximate surface area is 115 Å². The largest absolute Gasteiger partial charge is 0.384 e. The smallest absolute Gasteiger partial charge is 0.240 e. The molecule has 1 rings (SSSR count). The Hall–Kier alpha value is -1.11. The van der Waals surface area contributed by atoms with Crippen LogP contribution in [0.2, 0.25) is 0 Å². The van der Waals surface area contributed by atoms with E-state index in [2.05, 4.69) is 5.32 Å². The lowest BCUT2D eigenvalue weighted by molar-refractivity contribution is 0.0765. The fraction of sp³-hybridized carbons (Fsp3) is 0.538. The number of para-hydroxylation sites is 1. The molecule has 1 aromatic carbocycles. The van der Waals surface area contributed by atoms with Gasteiger partial charge >= 0.3 is 0 Å². The van der Waals surface area contributed by atoms with Crippen LogP contribution < -0.4 is 10.5 Å². The fourth-order valence-corrected chi connectivity index (χ4v) is 2.34. The van der Waals surface area contributed by atoms with Gasteiger partial charge in [0.1, 0.15) is 4.90 Å². The highest BCUT2D eigenvalue weighted by molar-refractivity contribution is 7.89. The van der Waals surface area contributed by atoms with Crippen LogP contribution in [0.5, 0.6) is 0 Å². The minimum absolute atomic E-state index is 0.133. The number of nitrogens with two attached hydrogens (primary N) is 1. The number of unbranched alkanes of at least 4 members (excludes halogenated alkanes) is 1. The molecular formula is C13H22N2O3S. The Balaban J connectivity index is 2.42. The van der Waals surface area contributed by atoms with Gasteiger partial charge in [-0.05, 0) is 38.8 Å².